The average molecular weight is 472 g/mol. The van der Waals surface area contributed by atoms with E-state index in [1.807, 2.05) is 45.0 Å². The zero-order chi connectivity index (χ0) is 24.3. The molecule has 3 rings (SSSR count). The number of amides is 3. The SMILES string of the molecule is Cc1ccccc1CN(C(=O)CCN1C(=O)c2ccccc2S1(=O)=O)[C@H](C)C(=O)NC(C)C. The summed E-state index contributed by atoms with van der Waals surface area (Å²) in [4.78, 5) is 40.0. The smallest absolute Gasteiger partial charge is 0.269 e. The maximum atomic E-state index is 13.3. The van der Waals surface area contributed by atoms with Gasteiger partial charge in [-0.25, -0.2) is 12.7 Å². The van der Waals surface area contributed by atoms with Gasteiger partial charge in [-0.3, -0.25) is 14.4 Å². The Morgan fingerprint density at radius 3 is 2.30 bits per heavy atom. The third kappa shape index (κ3) is 5.08. The zero-order valence-corrected chi connectivity index (χ0v) is 20.1. The maximum absolute atomic E-state index is 13.3. The van der Waals surface area contributed by atoms with Gasteiger partial charge in [-0.2, -0.15) is 0 Å². The first-order chi connectivity index (χ1) is 15.5. The van der Waals surface area contributed by atoms with Crippen LogP contribution in [-0.4, -0.2) is 54.0 Å². The summed E-state index contributed by atoms with van der Waals surface area (Å²) >= 11 is 0. The van der Waals surface area contributed by atoms with E-state index in [9.17, 15) is 22.8 Å². The molecule has 0 saturated heterocycles. The van der Waals surface area contributed by atoms with E-state index in [0.717, 1.165) is 15.4 Å². The van der Waals surface area contributed by atoms with Crippen molar-refractivity contribution in [3.05, 3.63) is 65.2 Å². The maximum Gasteiger partial charge on any atom is 0.269 e. The molecule has 0 bridgehead atoms. The number of hydrogen-bond donors (Lipinski definition) is 1. The van der Waals surface area contributed by atoms with Gasteiger partial charge in [0, 0.05) is 25.6 Å². The Morgan fingerprint density at radius 2 is 1.67 bits per heavy atom. The number of rotatable bonds is 8. The van der Waals surface area contributed by atoms with Gasteiger partial charge in [-0.15, -0.1) is 0 Å². The lowest BCUT2D eigenvalue weighted by Gasteiger charge is -2.30. The number of aryl methyl sites for hydroxylation is 1. The molecule has 1 N–H and O–H groups in total. The van der Waals surface area contributed by atoms with Gasteiger partial charge in [0.2, 0.25) is 11.8 Å². The molecule has 1 heterocycles. The predicted molar refractivity (Wildman–Crippen MR) is 124 cm³/mol. The highest BCUT2D eigenvalue weighted by atomic mass is 32.2. The first-order valence-electron chi connectivity index (χ1n) is 10.8. The van der Waals surface area contributed by atoms with Gasteiger partial charge in [0.05, 0.1) is 5.56 Å². The molecule has 2 aromatic rings. The third-order valence-corrected chi connectivity index (χ3v) is 7.48. The summed E-state index contributed by atoms with van der Waals surface area (Å²) in [5.41, 5.74) is 1.96. The van der Waals surface area contributed by atoms with E-state index in [4.69, 9.17) is 0 Å². The van der Waals surface area contributed by atoms with Crippen molar-refractivity contribution < 1.29 is 22.8 Å². The van der Waals surface area contributed by atoms with Crippen LogP contribution in [0.5, 0.6) is 0 Å². The van der Waals surface area contributed by atoms with E-state index in [2.05, 4.69) is 5.32 Å². The summed E-state index contributed by atoms with van der Waals surface area (Å²) in [7, 11) is -4.00. The fraction of sp³-hybridized carbons (Fsp3) is 0.375. The minimum atomic E-state index is -4.00. The molecule has 3 amide bonds. The Bertz CT molecular complexity index is 1180. The minimum absolute atomic E-state index is 0.0519. The number of carbonyl (C=O) groups excluding carboxylic acids is 3. The Balaban J connectivity index is 1.81. The molecular formula is C24H29N3O5S. The molecule has 0 spiro atoms. The fourth-order valence-corrected chi connectivity index (χ4v) is 5.32. The number of fused-ring (bicyclic) bond motifs is 1. The van der Waals surface area contributed by atoms with Gasteiger partial charge >= 0.3 is 0 Å². The van der Waals surface area contributed by atoms with Crippen LogP contribution < -0.4 is 5.32 Å². The van der Waals surface area contributed by atoms with E-state index >= 15 is 0 Å². The molecule has 0 aliphatic carbocycles. The van der Waals surface area contributed by atoms with Crippen molar-refractivity contribution in [2.45, 2.75) is 57.6 Å². The van der Waals surface area contributed by atoms with Gasteiger partial charge < -0.3 is 10.2 Å². The number of nitrogens with one attached hydrogen (secondary N) is 1. The Kier molecular flexibility index (Phi) is 7.22. The first kappa shape index (κ1) is 24.4. The molecule has 0 unspecified atom stereocenters. The summed E-state index contributed by atoms with van der Waals surface area (Å²) in [5.74, 6) is -1.36. The van der Waals surface area contributed by atoms with Gasteiger partial charge in [-0.1, -0.05) is 36.4 Å². The summed E-state index contributed by atoms with van der Waals surface area (Å²) in [5, 5.41) is 2.81. The highest BCUT2D eigenvalue weighted by Crippen LogP contribution is 2.30. The van der Waals surface area contributed by atoms with Crippen LogP contribution in [0, 0.1) is 6.92 Å². The van der Waals surface area contributed by atoms with E-state index in [0.29, 0.717) is 0 Å². The van der Waals surface area contributed by atoms with Crippen molar-refractivity contribution in [1.29, 1.82) is 0 Å². The molecule has 2 aromatic carbocycles. The molecule has 1 aliphatic heterocycles. The fourth-order valence-electron chi connectivity index (χ4n) is 3.75. The molecule has 33 heavy (non-hydrogen) atoms. The lowest BCUT2D eigenvalue weighted by Crippen LogP contribution is -2.49. The van der Waals surface area contributed by atoms with E-state index in [1.165, 1.54) is 17.0 Å². The largest absolute Gasteiger partial charge is 0.352 e. The molecule has 1 aliphatic rings. The summed E-state index contributed by atoms with van der Waals surface area (Å²) < 4.78 is 26.3. The normalized spacial score (nSPS) is 15.3. The lowest BCUT2D eigenvalue weighted by molar-refractivity contribution is -0.140. The van der Waals surface area contributed by atoms with Crippen LogP contribution in [0.4, 0.5) is 0 Å². The van der Waals surface area contributed by atoms with Crippen molar-refractivity contribution in [3.63, 3.8) is 0 Å². The Hall–Kier alpha value is -3.20. The van der Waals surface area contributed by atoms with Crippen molar-refractivity contribution in [3.8, 4) is 0 Å². The van der Waals surface area contributed by atoms with Crippen LogP contribution >= 0.6 is 0 Å². The number of hydrogen-bond acceptors (Lipinski definition) is 5. The topological polar surface area (TPSA) is 104 Å². The standard InChI is InChI=1S/C24H29N3O5S/c1-16(2)25-23(29)18(4)26(15-19-10-6-5-9-17(19)3)22(28)13-14-27-24(30)20-11-7-8-12-21(20)33(27,31)32/h5-12,16,18H,13-15H2,1-4H3,(H,25,29)/t18-/m1/s1. The molecular weight excluding hydrogens is 442 g/mol. The van der Waals surface area contributed by atoms with Crippen molar-refractivity contribution >= 4 is 27.7 Å². The minimum Gasteiger partial charge on any atom is -0.352 e. The second kappa shape index (κ2) is 9.74. The van der Waals surface area contributed by atoms with E-state index < -0.39 is 27.9 Å². The Morgan fingerprint density at radius 1 is 1.03 bits per heavy atom. The monoisotopic (exact) mass is 471 g/mol. The quantitative estimate of drug-likeness (QED) is 0.637. The highest BCUT2D eigenvalue weighted by Gasteiger charge is 2.41. The molecule has 8 nitrogen and oxygen atoms in total. The lowest BCUT2D eigenvalue weighted by atomic mass is 10.1. The molecule has 1 atom stereocenters. The van der Waals surface area contributed by atoms with Crippen LogP contribution in [0.1, 0.15) is 48.7 Å². The highest BCUT2D eigenvalue weighted by molar-refractivity contribution is 7.90. The Labute approximate surface area is 194 Å². The van der Waals surface area contributed by atoms with Crippen molar-refractivity contribution in [2.75, 3.05) is 6.54 Å². The number of carbonyl (C=O) groups is 3. The third-order valence-electron chi connectivity index (χ3n) is 5.64. The molecule has 0 fully saturated rings. The van der Waals surface area contributed by atoms with Crippen LogP contribution in [0.25, 0.3) is 0 Å². The summed E-state index contributed by atoms with van der Waals surface area (Å²) in [6.07, 6.45) is -0.232. The summed E-state index contributed by atoms with van der Waals surface area (Å²) in [6.45, 7) is 7.13. The first-order valence-corrected chi connectivity index (χ1v) is 12.3. The zero-order valence-electron chi connectivity index (χ0n) is 19.2. The average Bonchev–Trinajstić information content (AvgIpc) is 2.96. The molecule has 176 valence electrons. The van der Waals surface area contributed by atoms with Crippen LogP contribution in [0.15, 0.2) is 53.4 Å². The number of sulfonamides is 1. The number of nitrogens with zero attached hydrogens (tertiary/aromatic N) is 2. The van der Waals surface area contributed by atoms with Gasteiger partial charge in [-0.05, 0) is 51.0 Å². The van der Waals surface area contributed by atoms with E-state index in [-0.39, 0.29) is 41.9 Å². The second-order valence-corrected chi connectivity index (χ2v) is 10.2. The molecule has 0 radical (unpaired) electrons. The van der Waals surface area contributed by atoms with Crippen molar-refractivity contribution in [2.24, 2.45) is 0 Å². The predicted octanol–water partition coefficient (Wildman–Crippen LogP) is 2.47. The van der Waals surface area contributed by atoms with Crippen molar-refractivity contribution in [1.82, 2.24) is 14.5 Å². The second-order valence-electron chi connectivity index (χ2n) is 8.42. The molecule has 9 heteroatoms. The number of benzene rings is 2. The van der Waals surface area contributed by atoms with Crippen LogP contribution in [0.2, 0.25) is 0 Å². The summed E-state index contributed by atoms with van der Waals surface area (Å²) in [6, 6.07) is 12.7. The van der Waals surface area contributed by atoms with Gasteiger partial charge in [0.1, 0.15) is 10.9 Å². The van der Waals surface area contributed by atoms with Crippen LogP contribution in [-0.2, 0) is 26.2 Å². The van der Waals surface area contributed by atoms with E-state index in [1.54, 1.807) is 19.1 Å². The van der Waals surface area contributed by atoms with Crippen LogP contribution in [0.3, 0.4) is 0 Å². The van der Waals surface area contributed by atoms with Gasteiger partial charge in [0.25, 0.3) is 15.9 Å². The molecule has 0 saturated carbocycles. The molecule has 0 aromatic heterocycles. The van der Waals surface area contributed by atoms with Gasteiger partial charge in [0.15, 0.2) is 0 Å².